The molecule has 7 heteroatoms. The molecule has 1 aromatic heterocycles. The maximum absolute atomic E-state index is 5.70. The minimum Gasteiger partial charge on any atom is -0.376 e. The highest BCUT2D eigenvalue weighted by molar-refractivity contribution is 7.99. The van der Waals surface area contributed by atoms with Gasteiger partial charge in [-0.1, -0.05) is 29.9 Å². The van der Waals surface area contributed by atoms with Gasteiger partial charge in [0, 0.05) is 17.4 Å². The van der Waals surface area contributed by atoms with Gasteiger partial charge in [-0.05, 0) is 23.3 Å². The van der Waals surface area contributed by atoms with Crippen molar-refractivity contribution < 1.29 is 4.74 Å². The van der Waals surface area contributed by atoms with Gasteiger partial charge < -0.3 is 4.74 Å². The molecule has 0 amide bonds. The Kier molecular flexibility index (Phi) is 4.20. The van der Waals surface area contributed by atoms with E-state index in [-0.39, 0.29) is 6.10 Å². The molecule has 16 heavy (non-hydrogen) atoms. The second-order valence-corrected chi connectivity index (χ2v) is 5.06. The van der Waals surface area contributed by atoms with Crippen molar-refractivity contribution in [2.45, 2.75) is 30.6 Å². The molecule has 2 rings (SSSR count). The zero-order valence-corrected chi connectivity index (χ0v) is 10.4. The number of ether oxygens (including phenoxy) is 1. The molecule has 0 aliphatic carbocycles. The van der Waals surface area contributed by atoms with Crippen molar-refractivity contribution in [3.63, 3.8) is 0 Å². The van der Waals surface area contributed by atoms with Crippen molar-refractivity contribution >= 4 is 23.4 Å². The van der Waals surface area contributed by atoms with Crippen molar-refractivity contribution in [2.75, 3.05) is 12.4 Å². The molecule has 1 fully saturated rings. The van der Waals surface area contributed by atoms with Gasteiger partial charge in [-0.2, -0.15) is 0 Å². The molecular formula is C9H13ClN4OS. The van der Waals surface area contributed by atoms with E-state index >= 15 is 0 Å². The van der Waals surface area contributed by atoms with Crippen LogP contribution in [-0.4, -0.2) is 38.7 Å². The predicted octanol–water partition coefficient (Wildman–Crippen LogP) is 1.70. The van der Waals surface area contributed by atoms with E-state index in [1.54, 1.807) is 4.68 Å². The van der Waals surface area contributed by atoms with Crippen molar-refractivity contribution in [1.82, 2.24) is 20.2 Å². The molecule has 1 aliphatic heterocycles. The number of rotatable bonds is 5. The topological polar surface area (TPSA) is 52.8 Å². The highest BCUT2D eigenvalue weighted by Gasteiger charge is 2.18. The highest BCUT2D eigenvalue weighted by atomic mass is 35.5. The van der Waals surface area contributed by atoms with Gasteiger partial charge in [-0.15, -0.1) is 5.10 Å². The first-order chi connectivity index (χ1) is 7.75. The first-order valence-corrected chi connectivity index (χ1v) is 6.46. The Labute approximate surface area is 103 Å². The molecule has 0 aromatic carbocycles. The van der Waals surface area contributed by atoms with Crippen LogP contribution in [-0.2, 0) is 11.3 Å². The van der Waals surface area contributed by atoms with Gasteiger partial charge in [0.1, 0.15) is 0 Å². The number of tetrazole rings is 1. The van der Waals surface area contributed by atoms with E-state index in [0.717, 1.165) is 24.6 Å². The second-order valence-electron chi connectivity index (χ2n) is 3.58. The van der Waals surface area contributed by atoms with Gasteiger partial charge in [0.25, 0.3) is 0 Å². The van der Waals surface area contributed by atoms with Gasteiger partial charge in [-0.25, -0.2) is 4.68 Å². The number of aromatic nitrogens is 4. The summed E-state index contributed by atoms with van der Waals surface area (Å²) in [7, 11) is 0. The van der Waals surface area contributed by atoms with E-state index in [2.05, 4.69) is 22.1 Å². The molecule has 2 heterocycles. The maximum atomic E-state index is 5.70. The lowest BCUT2D eigenvalue weighted by Gasteiger charge is -2.09. The predicted molar refractivity (Wildman–Crippen MR) is 62.5 cm³/mol. The lowest BCUT2D eigenvalue weighted by molar-refractivity contribution is 0.0912. The first kappa shape index (κ1) is 11.9. The number of halogens is 1. The van der Waals surface area contributed by atoms with Crippen LogP contribution in [0.25, 0.3) is 0 Å². The van der Waals surface area contributed by atoms with Crippen LogP contribution in [0.2, 0.25) is 0 Å². The Morgan fingerprint density at radius 3 is 3.25 bits per heavy atom. The summed E-state index contributed by atoms with van der Waals surface area (Å²) in [5.41, 5.74) is 0. The summed E-state index contributed by atoms with van der Waals surface area (Å²) in [4.78, 5) is 0. The molecule has 1 saturated heterocycles. The molecule has 5 nitrogen and oxygen atoms in total. The molecule has 0 bridgehead atoms. The third-order valence-corrected chi connectivity index (χ3v) is 3.59. The van der Waals surface area contributed by atoms with Crippen molar-refractivity contribution in [3.05, 3.63) is 11.6 Å². The summed E-state index contributed by atoms with van der Waals surface area (Å²) in [5.74, 6) is 0.619. The number of thioether (sulfide) groups is 1. The third-order valence-electron chi connectivity index (χ3n) is 2.26. The van der Waals surface area contributed by atoms with Gasteiger partial charge >= 0.3 is 0 Å². The Morgan fingerprint density at radius 1 is 1.69 bits per heavy atom. The lowest BCUT2D eigenvalue weighted by Crippen LogP contribution is -2.16. The lowest BCUT2D eigenvalue weighted by atomic mass is 10.2. The standard InChI is InChI=1S/C9H13ClN4OS/c1-7(10)6-16-9-11-12-13-14(9)5-8-3-2-4-15-8/h8H,1-6H2. The molecule has 1 atom stereocenters. The van der Waals surface area contributed by atoms with Crippen LogP contribution in [0.4, 0.5) is 0 Å². The summed E-state index contributed by atoms with van der Waals surface area (Å²) in [6.45, 7) is 5.18. The fraction of sp³-hybridized carbons (Fsp3) is 0.667. The maximum Gasteiger partial charge on any atom is 0.209 e. The van der Waals surface area contributed by atoms with Gasteiger partial charge in [0.15, 0.2) is 0 Å². The molecule has 0 radical (unpaired) electrons. The van der Waals surface area contributed by atoms with Gasteiger partial charge in [0.2, 0.25) is 5.16 Å². The molecule has 1 unspecified atom stereocenters. The monoisotopic (exact) mass is 260 g/mol. The summed E-state index contributed by atoms with van der Waals surface area (Å²) in [5, 5.41) is 12.9. The van der Waals surface area contributed by atoms with E-state index in [4.69, 9.17) is 16.3 Å². The normalized spacial score (nSPS) is 20.2. The summed E-state index contributed by atoms with van der Waals surface area (Å²) >= 11 is 7.18. The van der Waals surface area contributed by atoms with E-state index in [1.807, 2.05) is 0 Å². The molecule has 1 aliphatic rings. The zero-order chi connectivity index (χ0) is 11.4. The van der Waals surface area contributed by atoms with E-state index in [1.165, 1.54) is 11.8 Å². The summed E-state index contributed by atoms with van der Waals surface area (Å²) in [6.07, 6.45) is 2.43. The van der Waals surface area contributed by atoms with Crippen LogP contribution in [0, 0.1) is 0 Å². The van der Waals surface area contributed by atoms with Crippen LogP contribution < -0.4 is 0 Å². The molecule has 88 valence electrons. The largest absolute Gasteiger partial charge is 0.376 e. The Hall–Kier alpha value is -0.590. The minimum atomic E-state index is 0.238. The SMILES string of the molecule is C=C(Cl)CSc1nnnn1CC1CCCO1. The van der Waals surface area contributed by atoms with Crippen LogP contribution in [0.5, 0.6) is 0 Å². The van der Waals surface area contributed by atoms with Crippen molar-refractivity contribution in [3.8, 4) is 0 Å². The Bertz CT molecular complexity index is 364. The third kappa shape index (κ3) is 3.20. The minimum absolute atomic E-state index is 0.238. The van der Waals surface area contributed by atoms with Crippen LogP contribution >= 0.6 is 23.4 Å². The quantitative estimate of drug-likeness (QED) is 0.755. The van der Waals surface area contributed by atoms with E-state index < -0.39 is 0 Å². The first-order valence-electron chi connectivity index (χ1n) is 5.09. The molecule has 0 N–H and O–H groups in total. The van der Waals surface area contributed by atoms with Crippen LogP contribution in [0.1, 0.15) is 12.8 Å². The van der Waals surface area contributed by atoms with Crippen LogP contribution in [0.3, 0.4) is 0 Å². The molecular weight excluding hydrogens is 248 g/mol. The fourth-order valence-corrected chi connectivity index (χ4v) is 2.34. The Morgan fingerprint density at radius 2 is 2.56 bits per heavy atom. The number of hydrogen-bond donors (Lipinski definition) is 0. The Balaban J connectivity index is 1.92. The average Bonchev–Trinajstić information content (AvgIpc) is 2.87. The summed E-state index contributed by atoms with van der Waals surface area (Å²) < 4.78 is 7.30. The zero-order valence-electron chi connectivity index (χ0n) is 8.80. The number of nitrogens with zero attached hydrogens (tertiary/aromatic N) is 4. The molecule has 0 spiro atoms. The summed E-state index contributed by atoms with van der Waals surface area (Å²) in [6, 6.07) is 0. The molecule has 1 aromatic rings. The van der Waals surface area contributed by atoms with Gasteiger partial charge in [0.05, 0.1) is 12.6 Å². The van der Waals surface area contributed by atoms with Gasteiger partial charge in [-0.3, -0.25) is 0 Å². The van der Waals surface area contributed by atoms with E-state index in [0.29, 0.717) is 17.3 Å². The number of hydrogen-bond acceptors (Lipinski definition) is 5. The average molecular weight is 261 g/mol. The van der Waals surface area contributed by atoms with E-state index in [9.17, 15) is 0 Å². The second kappa shape index (κ2) is 5.65. The highest BCUT2D eigenvalue weighted by Crippen LogP contribution is 2.20. The smallest absolute Gasteiger partial charge is 0.209 e. The molecule has 0 saturated carbocycles. The fourth-order valence-electron chi connectivity index (χ4n) is 1.54. The van der Waals surface area contributed by atoms with Crippen LogP contribution in [0.15, 0.2) is 16.8 Å². The van der Waals surface area contributed by atoms with Crippen molar-refractivity contribution in [2.24, 2.45) is 0 Å². The van der Waals surface area contributed by atoms with Crippen molar-refractivity contribution in [1.29, 1.82) is 0 Å².